The Balaban J connectivity index is 1.59. The van der Waals surface area contributed by atoms with Crippen molar-refractivity contribution >= 4 is 23.1 Å². The van der Waals surface area contributed by atoms with Crippen LogP contribution in [0.15, 0.2) is 55.0 Å². The monoisotopic (exact) mass is 416 g/mol. The maximum absolute atomic E-state index is 11.6. The Bertz CT molecular complexity index is 1120. The van der Waals surface area contributed by atoms with Crippen LogP contribution in [0.5, 0.6) is 0 Å². The van der Waals surface area contributed by atoms with Gasteiger partial charge in [-0.05, 0) is 43.2 Å². The number of piperidine rings is 1. The van der Waals surface area contributed by atoms with Gasteiger partial charge in [0.15, 0.2) is 0 Å². The van der Waals surface area contributed by atoms with Crippen molar-refractivity contribution < 1.29 is 4.79 Å². The third-order valence-corrected chi connectivity index (χ3v) is 5.62. The van der Waals surface area contributed by atoms with Crippen LogP contribution < -0.4 is 22.1 Å². The van der Waals surface area contributed by atoms with Crippen LogP contribution in [0.1, 0.15) is 24.1 Å². The van der Waals surface area contributed by atoms with Crippen molar-refractivity contribution in [2.75, 3.05) is 23.7 Å². The highest BCUT2D eigenvalue weighted by Crippen LogP contribution is 2.26. The van der Waals surface area contributed by atoms with E-state index < -0.39 is 11.4 Å². The number of anilines is 2. The molecule has 0 bridgehead atoms. The van der Waals surface area contributed by atoms with Crippen LogP contribution in [0.2, 0.25) is 0 Å². The summed E-state index contributed by atoms with van der Waals surface area (Å²) in [5.74, 6) is 0.238. The average Bonchev–Trinajstić information content (AvgIpc) is 2.80. The van der Waals surface area contributed by atoms with Gasteiger partial charge in [-0.15, -0.1) is 0 Å². The maximum Gasteiger partial charge on any atom is 0.237 e. The number of pyridine rings is 3. The van der Waals surface area contributed by atoms with E-state index in [1.165, 1.54) is 0 Å². The number of aromatic nitrogens is 3. The van der Waals surface area contributed by atoms with Gasteiger partial charge in [0, 0.05) is 36.6 Å². The van der Waals surface area contributed by atoms with Gasteiger partial charge >= 0.3 is 0 Å². The normalized spacial score (nSPS) is 15.5. The second-order valence-corrected chi connectivity index (χ2v) is 7.66. The first-order valence-corrected chi connectivity index (χ1v) is 9.93. The smallest absolute Gasteiger partial charge is 0.237 e. The first kappa shape index (κ1) is 20.4. The molecule has 1 fully saturated rings. The zero-order valence-electron chi connectivity index (χ0n) is 17.0. The summed E-state index contributed by atoms with van der Waals surface area (Å²) in [6.07, 6.45) is 5.86. The molecule has 9 nitrogen and oxygen atoms in total. The summed E-state index contributed by atoms with van der Waals surface area (Å²) in [5, 5.41) is 8.72. The molecule has 1 saturated heterocycles. The van der Waals surface area contributed by atoms with Gasteiger partial charge in [-0.2, -0.15) is 0 Å². The molecule has 0 saturated carbocycles. The maximum atomic E-state index is 11.6. The number of carbonyl (C=O) groups is 1. The van der Waals surface area contributed by atoms with Crippen molar-refractivity contribution in [3.8, 4) is 11.3 Å². The summed E-state index contributed by atoms with van der Waals surface area (Å²) in [6, 6.07) is 11.0. The van der Waals surface area contributed by atoms with Gasteiger partial charge < -0.3 is 22.1 Å². The van der Waals surface area contributed by atoms with Gasteiger partial charge in [-0.3, -0.25) is 20.2 Å². The number of amides is 1. The minimum absolute atomic E-state index is 0.203. The van der Waals surface area contributed by atoms with Crippen molar-refractivity contribution in [2.24, 2.45) is 11.5 Å². The quantitative estimate of drug-likeness (QED) is 0.456. The minimum atomic E-state index is -0.977. The van der Waals surface area contributed by atoms with E-state index >= 15 is 0 Å². The first-order valence-electron chi connectivity index (χ1n) is 9.93. The SMILES string of the molecule is N=C(c1cccc(N2CCC(N)(C(N)=O)CC2)n1)c1cc(-c2cccnc2)ncc1N. The lowest BCUT2D eigenvalue weighted by molar-refractivity contribution is -0.123. The van der Waals surface area contributed by atoms with E-state index in [9.17, 15) is 4.79 Å². The van der Waals surface area contributed by atoms with Crippen LogP contribution in [-0.2, 0) is 4.79 Å². The highest BCUT2D eigenvalue weighted by molar-refractivity contribution is 6.13. The fourth-order valence-corrected chi connectivity index (χ4v) is 3.61. The number of hydrogen-bond acceptors (Lipinski definition) is 8. The number of nitrogens with one attached hydrogen (secondary N) is 1. The van der Waals surface area contributed by atoms with E-state index in [0.717, 1.165) is 5.56 Å². The summed E-state index contributed by atoms with van der Waals surface area (Å²) < 4.78 is 0. The van der Waals surface area contributed by atoms with Gasteiger partial charge in [0.05, 0.1) is 34.5 Å². The number of rotatable bonds is 5. The van der Waals surface area contributed by atoms with Crippen LogP contribution in [0.25, 0.3) is 11.3 Å². The van der Waals surface area contributed by atoms with Crippen LogP contribution in [0.4, 0.5) is 11.5 Å². The molecule has 0 aromatic carbocycles. The molecule has 0 spiro atoms. The number of primary amides is 1. The fourth-order valence-electron chi connectivity index (χ4n) is 3.61. The van der Waals surface area contributed by atoms with E-state index in [-0.39, 0.29) is 5.71 Å². The molecule has 0 unspecified atom stereocenters. The Labute approximate surface area is 179 Å². The highest BCUT2D eigenvalue weighted by Gasteiger charge is 2.36. The van der Waals surface area contributed by atoms with E-state index in [1.807, 2.05) is 29.2 Å². The summed E-state index contributed by atoms with van der Waals surface area (Å²) in [5.41, 5.74) is 19.8. The van der Waals surface area contributed by atoms with E-state index in [0.29, 0.717) is 54.4 Å². The third kappa shape index (κ3) is 4.08. The zero-order chi connectivity index (χ0) is 22.0. The summed E-state index contributed by atoms with van der Waals surface area (Å²) in [7, 11) is 0. The predicted octanol–water partition coefficient (Wildman–Crippen LogP) is 1.32. The lowest BCUT2D eigenvalue weighted by Crippen LogP contribution is -2.58. The number of nitrogens with two attached hydrogens (primary N) is 3. The van der Waals surface area contributed by atoms with E-state index in [1.54, 1.807) is 30.7 Å². The lowest BCUT2D eigenvalue weighted by Gasteiger charge is -2.37. The molecule has 158 valence electrons. The van der Waals surface area contributed by atoms with Crippen LogP contribution in [-0.4, -0.2) is 45.2 Å². The molecule has 0 radical (unpaired) electrons. The Hall–Kier alpha value is -3.85. The van der Waals surface area contributed by atoms with Crippen LogP contribution in [0, 0.1) is 5.41 Å². The van der Waals surface area contributed by atoms with E-state index in [2.05, 4.69) is 15.0 Å². The third-order valence-electron chi connectivity index (χ3n) is 5.62. The average molecular weight is 416 g/mol. The number of carbonyl (C=O) groups excluding carboxylic acids is 1. The van der Waals surface area contributed by atoms with Gasteiger partial charge in [-0.1, -0.05) is 6.07 Å². The Morgan fingerprint density at radius 2 is 1.90 bits per heavy atom. The molecular formula is C22H24N8O. The first-order chi connectivity index (χ1) is 14.9. The second kappa shape index (κ2) is 8.11. The molecule has 1 aliphatic heterocycles. The molecule has 7 N–H and O–H groups in total. The van der Waals surface area contributed by atoms with Crippen molar-refractivity contribution in [1.82, 2.24) is 15.0 Å². The van der Waals surface area contributed by atoms with Gasteiger partial charge in [0.25, 0.3) is 0 Å². The molecule has 3 aromatic rings. The van der Waals surface area contributed by atoms with Crippen LogP contribution in [0.3, 0.4) is 0 Å². The number of hydrogen-bond donors (Lipinski definition) is 4. The molecule has 4 rings (SSSR count). The highest BCUT2D eigenvalue weighted by atomic mass is 16.1. The predicted molar refractivity (Wildman–Crippen MR) is 120 cm³/mol. The van der Waals surface area contributed by atoms with Crippen LogP contribution >= 0.6 is 0 Å². The Morgan fingerprint density at radius 1 is 1.13 bits per heavy atom. The lowest BCUT2D eigenvalue weighted by atomic mass is 9.88. The van der Waals surface area contributed by atoms with Crippen molar-refractivity contribution in [3.63, 3.8) is 0 Å². The molecule has 0 atom stereocenters. The van der Waals surface area contributed by atoms with Gasteiger partial charge in [0.1, 0.15) is 5.82 Å². The zero-order valence-corrected chi connectivity index (χ0v) is 17.0. The Morgan fingerprint density at radius 3 is 2.58 bits per heavy atom. The standard InChI is InChI=1S/C22H24N8O/c23-16-13-28-18(14-3-2-8-27-12-14)11-15(16)20(24)17-4-1-5-19(29-17)30-9-6-22(26,7-10-30)21(25)31/h1-5,8,11-13,24H,6-7,9-10,23,26H2,(H2,25,31). The van der Waals surface area contributed by atoms with Crippen molar-refractivity contribution in [3.05, 3.63) is 66.2 Å². The summed E-state index contributed by atoms with van der Waals surface area (Å²) >= 11 is 0. The molecule has 1 aliphatic rings. The van der Waals surface area contributed by atoms with Gasteiger partial charge in [0.2, 0.25) is 5.91 Å². The molecule has 0 aliphatic carbocycles. The summed E-state index contributed by atoms with van der Waals surface area (Å²) in [6.45, 7) is 1.12. The topological polar surface area (TPSA) is 161 Å². The molecule has 3 aromatic heterocycles. The van der Waals surface area contributed by atoms with Crippen molar-refractivity contribution in [1.29, 1.82) is 5.41 Å². The minimum Gasteiger partial charge on any atom is -0.397 e. The molecule has 31 heavy (non-hydrogen) atoms. The summed E-state index contributed by atoms with van der Waals surface area (Å²) in [4.78, 5) is 26.8. The molecule has 1 amide bonds. The largest absolute Gasteiger partial charge is 0.397 e. The Kier molecular flexibility index (Phi) is 5.35. The molecule has 9 heteroatoms. The van der Waals surface area contributed by atoms with Crippen molar-refractivity contribution in [2.45, 2.75) is 18.4 Å². The number of nitrogen functional groups attached to an aromatic ring is 1. The van der Waals surface area contributed by atoms with E-state index in [4.69, 9.17) is 22.6 Å². The molecule has 4 heterocycles. The number of nitrogens with zero attached hydrogens (tertiary/aromatic N) is 4. The fraction of sp³-hybridized carbons (Fsp3) is 0.227. The molecular weight excluding hydrogens is 392 g/mol. The second-order valence-electron chi connectivity index (χ2n) is 7.66. The van der Waals surface area contributed by atoms with Gasteiger partial charge in [-0.25, -0.2) is 4.98 Å².